The van der Waals surface area contributed by atoms with E-state index in [9.17, 15) is 26.3 Å². The molecule has 9 heteroatoms. The fraction of sp³-hybridized carbons (Fsp3) is 0.462. The summed E-state index contributed by atoms with van der Waals surface area (Å²) >= 11 is 1.28. The van der Waals surface area contributed by atoms with Gasteiger partial charge in [0.25, 0.3) is 0 Å². The fourth-order valence-corrected chi connectivity index (χ4v) is 2.18. The highest BCUT2D eigenvalue weighted by atomic mass is 32.2. The van der Waals surface area contributed by atoms with Gasteiger partial charge in [0.1, 0.15) is 6.54 Å². The van der Waals surface area contributed by atoms with Crippen LogP contribution < -0.4 is 4.90 Å². The van der Waals surface area contributed by atoms with Crippen molar-refractivity contribution in [2.75, 3.05) is 30.0 Å². The predicted octanol–water partition coefficient (Wildman–Crippen LogP) is 4.31. The van der Waals surface area contributed by atoms with Gasteiger partial charge in [-0.1, -0.05) is 0 Å². The highest BCUT2D eigenvalue weighted by Crippen LogP contribution is 2.35. The smallest absolute Gasteiger partial charge is 0.362 e. The van der Waals surface area contributed by atoms with Crippen molar-refractivity contribution in [1.29, 1.82) is 5.26 Å². The Morgan fingerprint density at radius 2 is 1.82 bits per heavy atom. The molecule has 1 rings (SSSR count). The number of anilines is 1. The Hall–Kier alpha value is -1.56. The number of rotatable bonds is 5. The van der Waals surface area contributed by atoms with Gasteiger partial charge < -0.3 is 4.90 Å². The van der Waals surface area contributed by atoms with E-state index in [-0.39, 0.29) is 12.2 Å². The summed E-state index contributed by atoms with van der Waals surface area (Å²) in [7, 11) is 0. The van der Waals surface area contributed by atoms with Crippen LogP contribution in [-0.2, 0) is 6.18 Å². The molecule has 0 aliphatic rings. The minimum absolute atomic E-state index is 0.0517. The van der Waals surface area contributed by atoms with Crippen molar-refractivity contribution in [3.05, 3.63) is 29.3 Å². The van der Waals surface area contributed by atoms with Crippen molar-refractivity contribution in [2.45, 2.75) is 12.4 Å². The van der Waals surface area contributed by atoms with Gasteiger partial charge in [0.15, 0.2) is 0 Å². The number of halogens is 6. The van der Waals surface area contributed by atoms with Crippen LogP contribution >= 0.6 is 11.8 Å². The molecule has 2 nitrogen and oxygen atoms in total. The quantitative estimate of drug-likeness (QED) is 0.746. The highest BCUT2D eigenvalue weighted by Gasteiger charge is 2.35. The van der Waals surface area contributed by atoms with Crippen molar-refractivity contribution in [1.82, 2.24) is 0 Å². The van der Waals surface area contributed by atoms with Crippen LogP contribution in [0, 0.1) is 11.3 Å². The SMILES string of the molecule is CSCCN(CC(F)(F)F)c1ccc(C#N)c(C(F)(F)F)c1. The molecule has 0 saturated heterocycles. The second-order valence-electron chi connectivity index (χ2n) is 4.37. The summed E-state index contributed by atoms with van der Waals surface area (Å²) in [6.07, 6.45) is -7.65. The van der Waals surface area contributed by atoms with Gasteiger partial charge in [0.2, 0.25) is 0 Å². The Kier molecular flexibility index (Phi) is 6.00. The van der Waals surface area contributed by atoms with Crippen molar-refractivity contribution in [2.24, 2.45) is 0 Å². The zero-order valence-corrected chi connectivity index (χ0v) is 12.2. The molecule has 0 aliphatic carbocycles. The monoisotopic (exact) mass is 342 g/mol. The van der Waals surface area contributed by atoms with Crippen LogP contribution in [0.5, 0.6) is 0 Å². The van der Waals surface area contributed by atoms with E-state index in [0.29, 0.717) is 11.8 Å². The summed E-state index contributed by atoms with van der Waals surface area (Å²) in [5.41, 5.74) is -2.06. The number of nitrogens with zero attached hydrogens (tertiary/aromatic N) is 2. The third kappa shape index (κ3) is 5.33. The van der Waals surface area contributed by atoms with Crippen molar-refractivity contribution in [3.8, 4) is 6.07 Å². The second kappa shape index (κ2) is 7.13. The molecule has 0 fully saturated rings. The molecule has 0 heterocycles. The van der Waals surface area contributed by atoms with E-state index in [1.54, 1.807) is 6.26 Å². The third-order valence-corrected chi connectivity index (χ3v) is 3.32. The lowest BCUT2D eigenvalue weighted by molar-refractivity contribution is -0.137. The van der Waals surface area contributed by atoms with Crippen LogP contribution in [0.15, 0.2) is 18.2 Å². The zero-order valence-electron chi connectivity index (χ0n) is 11.4. The molecule has 0 atom stereocenters. The average molecular weight is 342 g/mol. The van der Waals surface area contributed by atoms with Crippen LogP contribution in [0.3, 0.4) is 0 Å². The number of alkyl halides is 6. The molecule has 0 spiro atoms. The number of hydrogen-bond acceptors (Lipinski definition) is 3. The molecule has 22 heavy (non-hydrogen) atoms. The van der Waals surface area contributed by atoms with E-state index in [4.69, 9.17) is 5.26 Å². The highest BCUT2D eigenvalue weighted by molar-refractivity contribution is 7.98. The van der Waals surface area contributed by atoms with Gasteiger partial charge in [-0.3, -0.25) is 0 Å². The molecule has 0 N–H and O–H groups in total. The van der Waals surface area contributed by atoms with E-state index in [0.717, 1.165) is 17.0 Å². The van der Waals surface area contributed by atoms with Crippen molar-refractivity contribution < 1.29 is 26.3 Å². The predicted molar refractivity (Wildman–Crippen MR) is 72.8 cm³/mol. The van der Waals surface area contributed by atoms with E-state index in [1.807, 2.05) is 0 Å². The lowest BCUT2D eigenvalue weighted by atomic mass is 10.1. The summed E-state index contributed by atoms with van der Waals surface area (Å²) in [5, 5.41) is 8.69. The second-order valence-corrected chi connectivity index (χ2v) is 5.35. The number of nitriles is 1. The lowest BCUT2D eigenvalue weighted by Gasteiger charge is -2.26. The molecule has 0 radical (unpaired) electrons. The molecule has 0 amide bonds. The molecule has 0 bridgehead atoms. The Morgan fingerprint density at radius 1 is 1.18 bits per heavy atom. The standard InChI is InChI=1S/C13H12F6N2S/c1-22-5-4-21(8-12(14,15)16)10-3-2-9(7-20)11(6-10)13(17,18)19/h2-3,6H,4-5,8H2,1H3. The summed E-state index contributed by atoms with van der Waals surface area (Å²) in [6, 6.07) is 3.97. The maximum Gasteiger partial charge on any atom is 0.417 e. The topological polar surface area (TPSA) is 27.0 Å². The average Bonchev–Trinajstić information content (AvgIpc) is 2.40. The molecule has 1 aromatic rings. The van der Waals surface area contributed by atoms with E-state index in [1.165, 1.54) is 17.8 Å². The summed E-state index contributed by atoms with van der Waals surface area (Å²) < 4.78 is 76.3. The summed E-state index contributed by atoms with van der Waals surface area (Å²) in [4.78, 5) is 0.826. The first-order valence-corrected chi connectivity index (χ1v) is 7.40. The van der Waals surface area contributed by atoms with E-state index >= 15 is 0 Å². The molecule has 1 aromatic carbocycles. The van der Waals surface area contributed by atoms with Gasteiger partial charge >= 0.3 is 12.4 Å². The number of benzene rings is 1. The van der Waals surface area contributed by atoms with Gasteiger partial charge in [-0.15, -0.1) is 0 Å². The maximum atomic E-state index is 12.9. The van der Waals surface area contributed by atoms with E-state index in [2.05, 4.69) is 0 Å². The largest absolute Gasteiger partial charge is 0.417 e. The Labute approximate surface area is 127 Å². The first kappa shape index (κ1) is 18.5. The number of hydrogen-bond donors (Lipinski definition) is 0. The Bertz CT molecular complexity index is 547. The molecule has 0 unspecified atom stereocenters. The Balaban J connectivity index is 3.22. The maximum absolute atomic E-state index is 12.9. The molecule has 0 aromatic heterocycles. The molecular formula is C13H12F6N2S. The van der Waals surface area contributed by atoms with Crippen molar-refractivity contribution in [3.63, 3.8) is 0 Å². The van der Waals surface area contributed by atoms with Crippen LogP contribution in [0.1, 0.15) is 11.1 Å². The van der Waals surface area contributed by atoms with Gasteiger partial charge in [-0.25, -0.2) is 0 Å². The molecule has 0 aliphatic heterocycles. The number of thioether (sulfide) groups is 1. The first-order valence-electron chi connectivity index (χ1n) is 6.00. The minimum atomic E-state index is -4.80. The van der Waals surface area contributed by atoms with Gasteiger partial charge in [-0.05, 0) is 24.5 Å². The van der Waals surface area contributed by atoms with Crippen LogP contribution in [0.2, 0.25) is 0 Å². The molecular weight excluding hydrogens is 330 g/mol. The lowest BCUT2D eigenvalue weighted by Crippen LogP contribution is -2.36. The van der Waals surface area contributed by atoms with Gasteiger partial charge in [0, 0.05) is 18.0 Å². The van der Waals surface area contributed by atoms with Gasteiger partial charge in [0.05, 0.1) is 17.2 Å². The van der Waals surface area contributed by atoms with Gasteiger partial charge in [-0.2, -0.15) is 43.4 Å². The minimum Gasteiger partial charge on any atom is -0.362 e. The first-order chi connectivity index (χ1) is 10.1. The zero-order chi connectivity index (χ0) is 17.0. The third-order valence-electron chi connectivity index (χ3n) is 2.73. The van der Waals surface area contributed by atoms with Crippen LogP contribution in [-0.4, -0.2) is 31.3 Å². The summed E-state index contributed by atoms with van der Waals surface area (Å²) in [5.74, 6) is 0.331. The van der Waals surface area contributed by atoms with Crippen LogP contribution in [0.4, 0.5) is 32.0 Å². The van der Waals surface area contributed by atoms with Crippen molar-refractivity contribution >= 4 is 17.4 Å². The van der Waals surface area contributed by atoms with Crippen LogP contribution in [0.25, 0.3) is 0 Å². The molecule has 122 valence electrons. The normalized spacial score (nSPS) is 12.1. The Morgan fingerprint density at radius 3 is 2.27 bits per heavy atom. The molecule has 0 saturated carbocycles. The summed E-state index contributed by atoms with van der Waals surface area (Å²) in [6.45, 7) is -1.40. The van der Waals surface area contributed by atoms with E-state index < -0.39 is 30.0 Å². The fourth-order valence-electron chi connectivity index (χ4n) is 1.78.